The van der Waals surface area contributed by atoms with Crippen LogP contribution in [0.2, 0.25) is 0 Å². The number of rotatable bonds is 9. The van der Waals surface area contributed by atoms with E-state index in [0.29, 0.717) is 19.1 Å². The van der Waals surface area contributed by atoms with Gasteiger partial charge < -0.3 is 19.7 Å². The maximum absolute atomic E-state index is 6.12. The zero-order valence-corrected chi connectivity index (χ0v) is 22.9. The summed E-state index contributed by atoms with van der Waals surface area (Å²) < 4.78 is 13.4. The second-order valence-corrected chi connectivity index (χ2v) is 8.53. The molecule has 0 unspecified atom stereocenters. The average molecular weight is 571 g/mol. The zero-order valence-electron chi connectivity index (χ0n) is 20.6. The van der Waals surface area contributed by atoms with E-state index in [9.17, 15) is 0 Å². The van der Waals surface area contributed by atoms with Gasteiger partial charge in [-0.2, -0.15) is 5.10 Å². The molecule has 2 aromatic rings. The van der Waals surface area contributed by atoms with Crippen LogP contribution < -0.4 is 10.1 Å². The van der Waals surface area contributed by atoms with Crippen LogP contribution in [0.15, 0.2) is 35.5 Å². The summed E-state index contributed by atoms with van der Waals surface area (Å²) in [5, 5.41) is 8.10. The highest BCUT2D eigenvalue weighted by Gasteiger charge is 2.16. The van der Waals surface area contributed by atoms with Crippen molar-refractivity contribution in [2.45, 2.75) is 32.9 Å². The molecule has 2 heterocycles. The highest BCUT2D eigenvalue weighted by atomic mass is 127. The number of aryl methyl sites for hydroxylation is 1. The van der Waals surface area contributed by atoms with Crippen LogP contribution in [0.3, 0.4) is 0 Å². The van der Waals surface area contributed by atoms with E-state index in [1.165, 1.54) is 5.56 Å². The van der Waals surface area contributed by atoms with Crippen LogP contribution in [-0.2, 0) is 24.9 Å². The third-order valence-electron chi connectivity index (χ3n) is 5.64. The predicted octanol–water partition coefficient (Wildman–Crippen LogP) is 3.08. The molecule has 0 aliphatic carbocycles. The fraction of sp³-hybridized carbons (Fsp3) is 0.583. The van der Waals surface area contributed by atoms with Crippen molar-refractivity contribution in [1.82, 2.24) is 24.9 Å². The van der Waals surface area contributed by atoms with Crippen molar-refractivity contribution < 1.29 is 9.47 Å². The lowest BCUT2D eigenvalue weighted by Crippen LogP contribution is -2.39. The number of nitrogens with zero attached hydrogens (tertiary/aromatic N) is 5. The Balaban J connectivity index is 0.00000385. The summed E-state index contributed by atoms with van der Waals surface area (Å²) in [5.41, 5.74) is 3.47. The summed E-state index contributed by atoms with van der Waals surface area (Å²) >= 11 is 0. The predicted molar refractivity (Wildman–Crippen MR) is 144 cm³/mol. The minimum absolute atomic E-state index is 0. The van der Waals surface area contributed by atoms with E-state index in [1.807, 2.05) is 37.0 Å². The standard InChI is InChI=1S/C24H38N6O2.HI/c1-19(2)23-21(18-29(5)27-23)17-28(4)24(25-3)26-16-20-8-6-7-9-22(20)32-15-12-30-10-13-31-14-11-30;/h6-9,18-19H,10-17H2,1-5H3,(H,25,26);1H. The van der Waals surface area contributed by atoms with E-state index in [0.717, 1.165) is 62.4 Å². The van der Waals surface area contributed by atoms with Crippen LogP contribution >= 0.6 is 24.0 Å². The first kappa shape index (κ1) is 27.4. The molecular formula is C24H39IN6O2. The number of aliphatic imine (C=N–C) groups is 1. The smallest absolute Gasteiger partial charge is 0.193 e. The van der Waals surface area contributed by atoms with Gasteiger partial charge in [0.2, 0.25) is 0 Å². The molecule has 0 spiro atoms. The number of aromatic nitrogens is 2. The monoisotopic (exact) mass is 570 g/mol. The van der Waals surface area contributed by atoms with E-state index in [4.69, 9.17) is 9.47 Å². The number of hydrogen-bond donors (Lipinski definition) is 1. The summed E-state index contributed by atoms with van der Waals surface area (Å²) in [4.78, 5) is 8.99. The molecule has 0 radical (unpaired) electrons. The molecule has 0 saturated carbocycles. The molecule has 184 valence electrons. The number of guanidine groups is 1. The Bertz CT molecular complexity index is 880. The molecule has 0 amide bonds. The van der Waals surface area contributed by atoms with E-state index in [2.05, 4.69) is 58.4 Å². The van der Waals surface area contributed by atoms with Gasteiger partial charge in [-0.1, -0.05) is 32.0 Å². The summed E-state index contributed by atoms with van der Waals surface area (Å²) in [6, 6.07) is 8.20. The molecule has 3 rings (SSSR count). The number of nitrogens with one attached hydrogen (secondary N) is 1. The lowest BCUT2D eigenvalue weighted by atomic mass is 10.1. The SMILES string of the molecule is CN=C(NCc1ccccc1OCCN1CCOCC1)N(C)Cc1cn(C)nc1C(C)C.I. The van der Waals surface area contributed by atoms with Crippen LogP contribution in [0.1, 0.15) is 36.6 Å². The molecule has 0 bridgehead atoms. The molecule has 1 saturated heterocycles. The minimum atomic E-state index is 0. The van der Waals surface area contributed by atoms with Gasteiger partial charge in [0.1, 0.15) is 12.4 Å². The Hall–Kier alpha value is -1.85. The first-order valence-electron chi connectivity index (χ1n) is 11.4. The van der Waals surface area contributed by atoms with Crippen LogP contribution in [0, 0.1) is 0 Å². The van der Waals surface area contributed by atoms with Gasteiger partial charge in [-0.15, -0.1) is 24.0 Å². The topological polar surface area (TPSA) is 67.2 Å². The second kappa shape index (κ2) is 13.8. The Labute approximate surface area is 215 Å². The van der Waals surface area contributed by atoms with Gasteiger partial charge in [-0.05, 0) is 12.0 Å². The number of benzene rings is 1. The van der Waals surface area contributed by atoms with Crippen LogP contribution in [-0.4, -0.2) is 79.1 Å². The highest BCUT2D eigenvalue weighted by Crippen LogP contribution is 2.20. The zero-order chi connectivity index (χ0) is 22.9. The number of hydrogen-bond acceptors (Lipinski definition) is 5. The van der Waals surface area contributed by atoms with Gasteiger partial charge in [0.05, 0.1) is 18.9 Å². The van der Waals surface area contributed by atoms with Crippen molar-refractivity contribution in [3.8, 4) is 5.75 Å². The van der Waals surface area contributed by atoms with Crippen molar-refractivity contribution in [1.29, 1.82) is 0 Å². The molecule has 1 N–H and O–H groups in total. The number of ether oxygens (including phenoxy) is 2. The number of halogens is 1. The molecule has 1 aromatic heterocycles. The summed E-state index contributed by atoms with van der Waals surface area (Å²) in [5.74, 6) is 2.14. The van der Waals surface area contributed by atoms with Gasteiger partial charge in [0.25, 0.3) is 0 Å². The fourth-order valence-corrected chi connectivity index (χ4v) is 3.95. The molecule has 33 heavy (non-hydrogen) atoms. The number of para-hydroxylation sites is 1. The third-order valence-corrected chi connectivity index (χ3v) is 5.64. The molecule has 1 aliphatic heterocycles. The maximum Gasteiger partial charge on any atom is 0.193 e. The van der Waals surface area contributed by atoms with Gasteiger partial charge in [-0.3, -0.25) is 14.6 Å². The largest absolute Gasteiger partial charge is 0.492 e. The van der Waals surface area contributed by atoms with Crippen LogP contribution in [0.25, 0.3) is 0 Å². The summed E-state index contributed by atoms with van der Waals surface area (Å²) in [7, 11) is 5.84. The lowest BCUT2D eigenvalue weighted by Gasteiger charge is -2.26. The maximum atomic E-state index is 6.12. The van der Waals surface area contributed by atoms with Crippen molar-refractivity contribution in [3.63, 3.8) is 0 Å². The molecule has 1 aromatic carbocycles. The molecule has 1 aliphatic rings. The Morgan fingerprint density at radius 2 is 1.97 bits per heavy atom. The Kier molecular flexibility index (Phi) is 11.4. The fourth-order valence-electron chi connectivity index (χ4n) is 3.95. The van der Waals surface area contributed by atoms with Crippen LogP contribution in [0.4, 0.5) is 0 Å². The van der Waals surface area contributed by atoms with Gasteiger partial charge in [-0.25, -0.2) is 0 Å². The Morgan fingerprint density at radius 3 is 2.67 bits per heavy atom. The van der Waals surface area contributed by atoms with Gasteiger partial charge in [0, 0.05) is 71.2 Å². The highest BCUT2D eigenvalue weighted by molar-refractivity contribution is 14.0. The van der Waals surface area contributed by atoms with Crippen LogP contribution in [0.5, 0.6) is 5.75 Å². The molecule has 1 fully saturated rings. The first-order valence-corrected chi connectivity index (χ1v) is 11.4. The summed E-state index contributed by atoms with van der Waals surface area (Å²) in [6.45, 7) is 10.9. The normalized spacial score (nSPS) is 14.8. The van der Waals surface area contributed by atoms with Crippen molar-refractivity contribution in [2.75, 3.05) is 53.6 Å². The van der Waals surface area contributed by atoms with E-state index in [-0.39, 0.29) is 24.0 Å². The molecule has 8 nitrogen and oxygen atoms in total. The van der Waals surface area contributed by atoms with Crippen molar-refractivity contribution >= 4 is 29.9 Å². The van der Waals surface area contributed by atoms with Crippen molar-refractivity contribution in [2.24, 2.45) is 12.0 Å². The third kappa shape index (κ3) is 8.15. The first-order chi connectivity index (χ1) is 15.5. The molecular weight excluding hydrogens is 531 g/mol. The van der Waals surface area contributed by atoms with Crippen molar-refractivity contribution in [3.05, 3.63) is 47.3 Å². The Morgan fingerprint density at radius 1 is 1.24 bits per heavy atom. The van der Waals surface area contributed by atoms with E-state index >= 15 is 0 Å². The second-order valence-electron chi connectivity index (χ2n) is 8.53. The van der Waals surface area contributed by atoms with E-state index < -0.39 is 0 Å². The summed E-state index contributed by atoms with van der Waals surface area (Å²) in [6.07, 6.45) is 2.09. The van der Waals surface area contributed by atoms with Gasteiger partial charge in [0.15, 0.2) is 5.96 Å². The lowest BCUT2D eigenvalue weighted by molar-refractivity contribution is 0.0322. The molecule has 9 heteroatoms. The minimum Gasteiger partial charge on any atom is -0.492 e. The molecule has 0 atom stereocenters. The average Bonchev–Trinajstić information content (AvgIpc) is 3.16. The number of morpholine rings is 1. The van der Waals surface area contributed by atoms with E-state index in [1.54, 1.807) is 0 Å². The van der Waals surface area contributed by atoms with Gasteiger partial charge >= 0.3 is 0 Å². The quantitative estimate of drug-likeness (QED) is 0.284.